The van der Waals surface area contributed by atoms with E-state index in [9.17, 15) is 4.79 Å². The first-order valence-corrected chi connectivity index (χ1v) is 10.1. The molecular weight excluding hydrogens is 426 g/mol. The summed E-state index contributed by atoms with van der Waals surface area (Å²) in [6, 6.07) is 16.0. The third-order valence-corrected chi connectivity index (χ3v) is 4.88. The minimum absolute atomic E-state index is 0.217. The summed E-state index contributed by atoms with van der Waals surface area (Å²) in [4.78, 5) is 12.5. The molecule has 170 valence electrons. The van der Waals surface area contributed by atoms with Gasteiger partial charge in [0, 0.05) is 12.1 Å². The fourth-order valence-corrected chi connectivity index (χ4v) is 3.25. The van der Waals surface area contributed by atoms with Crippen molar-refractivity contribution in [1.82, 2.24) is 25.1 Å². The summed E-state index contributed by atoms with van der Waals surface area (Å²) >= 11 is 0. The van der Waals surface area contributed by atoms with E-state index in [0.29, 0.717) is 40.2 Å². The number of aromatic nitrogens is 4. The average Bonchev–Trinajstić information content (AvgIpc) is 3.29. The van der Waals surface area contributed by atoms with E-state index in [2.05, 4.69) is 20.6 Å². The van der Waals surface area contributed by atoms with Gasteiger partial charge in [-0.1, -0.05) is 12.1 Å². The maximum atomic E-state index is 12.5. The monoisotopic (exact) mass is 449 g/mol. The zero-order valence-corrected chi connectivity index (χ0v) is 18.4. The van der Waals surface area contributed by atoms with Gasteiger partial charge in [-0.05, 0) is 30.3 Å². The highest BCUT2D eigenvalue weighted by Gasteiger charge is 2.15. The molecule has 0 aliphatic heterocycles. The number of ether oxygens (including phenoxy) is 4. The van der Waals surface area contributed by atoms with Crippen LogP contribution in [0.15, 0.2) is 54.6 Å². The summed E-state index contributed by atoms with van der Waals surface area (Å²) in [5.74, 6) is 2.32. The number of hydrogen-bond acceptors (Lipinski definition) is 8. The van der Waals surface area contributed by atoms with Crippen LogP contribution in [0.3, 0.4) is 0 Å². The Morgan fingerprint density at radius 2 is 1.76 bits per heavy atom. The van der Waals surface area contributed by atoms with E-state index >= 15 is 0 Å². The number of rotatable bonds is 9. The first-order chi connectivity index (χ1) is 16.1. The molecule has 0 spiro atoms. The van der Waals surface area contributed by atoms with Gasteiger partial charge < -0.3 is 24.3 Å². The van der Waals surface area contributed by atoms with E-state index in [1.807, 2.05) is 24.3 Å². The fourth-order valence-electron chi connectivity index (χ4n) is 3.25. The lowest BCUT2D eigenvalue weighted by molar-refractivity contribution is 0.0943. The molecule has 33 heavy (non-hydrogen) atoms. The molecular formula is C23H23N5O5. The van der Waals surface area contributed by atoms with Crippen molar-refractivity contribution in [2.75, 3.05) is 34.5 Å². The highest BCUT2D eigenvalue weighted by atomic mass is 16.5. The van der Waals surface area contributed by atoms with Crippen molar-refractivity contribution in [3.63, 3.8) is 0 Å². The zero-order chi connectivity index (χ0) is 23.2. The Morgan fingerprint density at radius 1 is 0.939 bits per heavy atom. The lowest BCUT2D eigenvalue weighted by atomic mass is 10.1. The summed E-state index contributed by atoms with van der Waals surface area (Å²) in [6.45, 7) is 0.490. The number of carbonyl (C=O) groups is 1. The van der Waals surface area contributed by atoms with E-state index < -0.39 is 0 Å². The quantitative estimate of drug-likeness (QED) is 0.389. The topological polar surface area (TPSA) is 109 Å². The molecule has 0 radical (unpaired) electrons. The second-order valence-electron chi connectivity index (χ2n) is 6.84. The number of methoxy groups -OCH3 is 3. The van der Waals surface area contributed by atoms with Gasteiger partial charge in [-0.15, -0.1) is 15.3 Å². The second-order valence-corrected chi connectivity index (χ2v) is 6.84. The molecule has 2 aromatic carbocycles. The van der Waals surface area contributed by atoms with E-state index in [1.54, 1.807) is 49.1 Å². The molecule has 0 aliphatic carbocycles. The Kier molecular flexibility index (Phi) is 6.53. The van der Waals surface area contributed by atoms with E-state index in [-0.39, 0.29) is 19.1 Å². The minimum atomic E-state index is -0.279. The summed E-state index contributed by atoms with van der Waals surface area (Å²) in [5.41, 5.74) is 1.74. The predicted octanol–water partition coefficient (Wildman–Crippen LogP) is 2.63. The summed E-state index contributed by atoms with van der Waals surface area (Å²) in [7, 11) is 4.65. The van der Waals surface area contributed by atoms with Crippen LogP contribution in [0.5, 0.6) is 23.1 Å². The molecule has 0 aliphatic rings. The van der Waals surface area contributed by atoms with Gasteiger partial charge >= 0.3 is 0 Å². The SMILES string of the molecule is COc1ccc(C(=O)NCCOc2ccc3nnc(-c4ccccc4OC)n3n2)c(OC)c1. The molecule has 0 unspecified atom stereocenters. The zero-order valence-electron chi connectivity index (χ0n) is 18.4. The highest BCUT2D eigenvalue weighted by Crippen LogP contribution is 2.28. The molecule has 4 aromatic rings. The van der Waals surface area contributed by atoms with Crippen LogP contribution >= 0.6 is 0 Å². The number of nitrogens with zero attached hydrogens (tertiary/aromatic N) is 4. The Morgan fingerprint density at radius 3 is 2.55 bits per heavy atom. The van der Waals surface area contributed by atoms with Crippen molar-refractivity contribution in [1.29, 1.82) is 0 Å². The second kappa shape index (κ2) is 9.86. The largest absolute Gasteiger partial charge is 0.497 e. The van der Waals surface area contributed by atoms with Gasteiger partial charge in [0.25, 0.3) is 5.91 Å². The van der Waals surface area contributed by atoms with Crippen molar-refractivity contribution in [3.05, 3.63) is 60.2 Å². The molecule has 0 saturated carbocycles. The predicted molar refractivity (Wildman–Crippen MR) is 120 cm³/mol. The molecule has 10 nitrogen and oxygen atoms in total. The Hall–Kier alpha value is -4.34. The minimum Gasteiger partial charge on any atom is -0.497 e. The van der Waals surface area contributed by atoms with Gasteiger partial charge in [0.05, 0.1) is 39.0 Å². The van der Waals surface area contributed by atoms with Crippen LogP contribution in [-0.2, 0) is 0 Å². The van der Waals surface area contributed by atoms with Crippen molar-refractivity contribution >= 4 is 11.6 Å². The van der Waals surface area contributed by atoms with E-state index in [1.165, 1.54) is 7.11 Å². The van der Waals surface area contributed by atoms with Crippen LogP contribution in [0.4, 0.5) is 0 Å². The van der Waals surface area contributed by atoms with Crippen LogP contribution in [0.25, 0.3) is 17.0 Å². The van der Waals surface area contributed by atoms with Gasteiger partial charge in [0.2, 0.25) is 5.88 Å². The normalized spacial score (nSPS) is 10.6. The van der Waals surface area contributed by atoms with Crippen molar-refractivity contribution in [2.45, 2.75) is 0 Å². The molecule has 0 saturated heterocycles. The molecule has 10 heteroatoms. The maximum Gasteiger partial charge on any atom is 0.255 e. The van der Waals surface area contributed by atoms with Crippen LogP contribution in [0, 0.1) is 0 Å². The maximum absolute atomic E-state index is 12.5. The summed E-state index contributed by atoms with van der Waals surface area (Å²) < 4.78 is 23.2. The molecule has 2 heterocycles. The lowest BCUT2D eigenvalue weighted by Gasteiger charge is -2.11. The Bertz CT molecular complexity index is 1270. The van der Waals surface area contributed by atoms with Crippen LogP contribution in [-0.4, -0.2) is 60.2 Å². The molecule has 1 amide bonds. The molecule has 1 N–H and O–H groups in total. The summed E-state index contributed by atoms with van der Waals surface area (Å²) in [5, 5.41) is 15.7. The number of benzene rings is 2. The number of carbonyl (C=O) groups excluding carboxylic acids is 1. The van der Waals surface area contributed by atoms with E-state index in [4.69, 9.17) is 18.9 Å². The summed E-state index contributed by atoms with van der Waals surface area (Å²) in [6.07, 6.45) is 0. The Labute approximate surface area is 190 Å². The number of fused-ring (bicyclic) bond motifs is 1. The standard InChI is InChI=1S/C23H23N5O5/c1-30-15-8-9-17(19(14-15)32-3)23(29)24-12-13-33-21-11-10-20-25-26-22(28(20)27-21)16-6-4-5-7-18(16)31-2/h4-11,14H,12-13H2,1-3H3,(H,24,29). The van der Waals surface area contributed by atoms with Gasteiger partial charge in [-0.2, -0.15) is 4.52 Å². The highest BCUT2D eigenvalue weighted by molar-refractivity contribution is 5.97. The third kappa shape index (κ3) is 4.64. The van der Waals surface area contributed by atoms with E-state index in [0.717, 1.165) is 5.56 Å². The average molecular weight is 449 g/mol. The molecule has 0 atom stereocenters. The molecule has 4 rings (SSSR count). The molecule has 0 fully saturated rings. The van der Waals surface area contributed by atoms with Crippen LogP contribution in [0.1, 0.15) is 10.4 Å². The molecule has 2 aromatic heterocycles. The first kappa shape index (κ1) is 21.9. The van der Waals surface area contributed by atoms with Crippen LogP contribution < -0.4 is 24.3 Å². The third-order valence-electron chi connectivity index (χ3n) is 4.88. The van der Waals surface area contributed by atoms with Gasteiger partial charge in [-0.3, -0.25) is 4.79 Å². The first-order valence-electron chi connectivity index (χ1n) is 10.1. The van der Waals surface area contributed by atoms with Gasteiger partial charge in [-0.25, -0.2) is 0 Å². The van der Waals surface area contributed by atoms with Gasteiger partial charge in [0.1, 0.15) is 23.9 Å². The van der Waals surface area contributed by atoms with Crippen LogP contribution in [0.2, 0.25) is 0 Å². The lowest BCUT2D eigenvalue weighted by Crippen LogP contribution is -2.28. The number of hydrogen-bond donors (Lipinski definition) is 1. The fraction of sp³-hybridized carbons (Fsp3) is 0.217. The van der Waals surface area contributed by atoms with Crippen molar-refractivity contribution in [2.24, 2.45) is 0 Å². The number of nitrogens with one attached hydrogen (secondary N) is 1. The number of para-hydroxylation sites is 1. The number of amides is 1. The van der Waals surface area contributed by atoms with Crippen molar-refractivity contribution in [3.8, 4) is 34.5 Å². The smallest absolute Gasteiger partial charge is 0.255 e. The Balaban J connectivity index is 1.42. The molecule has 0 bridgehead atoms. The van der Waals surface area contributed by atoms with Gasteiger partial charge in [0.15, 0.2) is 11.5 Å². The van der Waals surface area contributed by atoms with Crippen molar-refractivity contribution < 1.29 is 23.7 Å².